The Hall–Kier alpha value is -1.32. The number of likely N-dealkylation sites (tertiary alicyclic amines) is 1. The Kier molecular flexibility index (Phi) is 2.27. The summed E-state index contributed by atoms with van der Waals surface area (Å²) in [4.78, 5) is 13.1. The Morgan fingerprint density at radius 2 is 2.43 bits per heavy atom. The molecule has 0 bridgehead atoms. The SMILES string of the molecule is Cc1cnn(CC2CC(=O)N(C)C2)c1. The summed E-state index contributed by atoms with van der Waals surface area (Å²) in [6.45, 7) is 3.73. The van der Waals surface area contributed by atoms with E-state index in [9.17, 15) is 4.79 Å². The Bertz CT molecular complexity index is 345. The van der Waals surface area contributed by atoms with E-state index in [0.29, 0.717) is 12.3 Å². The molecule has 1 aromatic heterocycles. The third-order valence-electron chi connectivity index (χ3n) is 2.63. The number of nitrogens with zero attached hydrogens (tertiary/aromatic N) is 3. The van der Waals surface area contributed by atoms with Crippen molar-refractivity contribution in [3.05, 3.63) is 18.0 Å². The van der Waals surface area contributed by atoms with Gasteiger partial charge in [-0.3, -0.25) is 9.48 Å². The van der Waals surface area contributed by atoms with Gasteiger partial charge in [0.05, 0.1) is 6.20 Å². The van der Waals surface area contributed by atoms with Gasteiger partial charge in [-0.1, -0.05) is 0 Å². The van der Waals surface area contributed by atoms with Crippen LogP contribution in [0.5, 0.6) is 0 Å². The first kappa shape index (κ1) is 9.24. The molecular weight excluding hydrogens is 178 g/mol. The highest BCUT2D eigenvalue weighted by Crippen LogP contribution is 2.17. The lowest BCUT2D eigenvalue weighted by Gasteiger charge is -2.09. The summed E-state index contributed by atoms with van der Waals surface area (Å²) in [6, 6.07) is 0. The molecule has 2 heterocycles. The fourth-order valence-electron chi connectivity index (χ4n) is 1.91. The topological polar surface area (TPSA) is 38.1 Å². The van der Waals surface area contributed by atoms with Gasteiger partial charge in [0.15, 0.2) is 0 Å². The molecule has 1 atom stereocenters. The van der Waals surface area contributed by atoms with Crippen LogP contribution in [0.2, 0.25) is 0 Å². The maximum absolute atomic E-state index is 11.3. The van der Waals surface area contributed by atoms with Gasteiger partial charge in [0.25, 0.3) is 0 Å². The zero-order chi connectivity index (χ0) is 10.1. The Balaban J connectivity index is 1.96. The molecule has 1 aromatic rings. The summed E-state index contributed by atoms with van der Waals surface area (Å²) < 4.78 is 1.92. The molecule has 4 heteroatoms. The van der Waals surface area contributed by atoms with E-state index in [1.807, 2.05) is 31.0 Å². The van der Waals surface area contributed by atoms with Crippen LogP contribution in [-0.2, 0) is 11.3 Å². The van der Waals surface area contributed by atoms with E-state index in [1.165, 1.54) is 5.56 Å². The second kappa shape index (κ2) is 3.44. The van der Waals surface area contributed by atoms with Crippen molar-refractivity contribution < 1.29 is 4.79 Å². The van der Waals surface area contributed by atoms with E-state index in [4.69, 9.17) is 0 Å². The summed E-state index contributed by atoms with van der Waals surface area (Å²) in [6.07, 6.45) is 4.53. The van der Waals surface area contributed by atoms with Crippen LogP contribution in [0.25, 0.3) is 0 Å². The van der Waals surface area contributed by atoms with Gasteiger partial charge in [0, 0.05) is 38.7 Å². The summed E-state index contributed by atoms with van der Waals surface area (Å²) in [5.74, 6) is 0.672. The van der Waals surface area contributed by atoms with Crippen molar-refractivity contribution in [2.24, 2.45) is 5.92 Å². The van der Waals surface area contributed by atoms with Crippen molar-refractivity contribution in [3.63, 3.8) is 0 Å². The Labute approximate surface area is 83.5 Å². The zero-order valence-electron chi connectivity index (χ0n) is 8.60. The summed E-state index contributed by atoms with van der Waals surface area (Å²) in [7, 11) is 1.86. The average molecular weight is 193 g/mol. The molecule has 76 valence electrons. The van der Waals surface area contributed by atoms with Gasteiger partial charge < -0.3 is 4.90 Å². The predicted octanol–water partition coefficient (Wildman–Crippen LogP) is 0.670. The molecule has 1 aliphatic heterocycles. The van der Waals surface area contributed by atoms with Crippen LogP contribution in [0.4, 0.5) is 0 Å². The molecule has 0 saturated carbocycles. The van der Waals surface area contributed by atoms with Crippen LogP contribution in [-0.4, -0.2) is 34.2 Å². The largest absolute Gasteiger partial charge is 0.345 e. The molecule has 4 nitrogen and oxygen atoms in total. The average Bonchev–Trinajstić information content (AvgIpc) is 2.62. The second-order valence-electron chi connectivity index (χ2n) is 4.08. The van der Waals surface area contributed by atoms with Gasteiger partial charge in [0.2, 0.25) is 5.91 Å². The first-order valence-corrected chi connectivity index (χ1v) is 4.88. The third kappa shape index (κ3) is 1.78. The van der Waals surface area contributed by atoms with Gasteiger partial charge in [-0.05, 0) is 12.5 Å². The van der Waals surface area contributed by atoms with E-state index in [2.05, 4.69) is 5.10 Å². The molecule has 0 N–H and O–H groups in total. The van der Waals surface area contributed by atoms with Crippen LogP contribution in [0.15, 0.2) is 12.4 Å². The molecule has 0 spiro atoms. The van der Waals surface area contributed by atoms with E-state index < -0.39 is 0 Å². The number of carbonyl (C=O) groups is 1. The van der Waals surface area contributed by atoms with E-state index in [-0.39, 0.29) is 5.91 Å². The van der Waals surface area contributed by atoms with Crippen LogP contribution >= 0.6 is 0 Å². The molecule has 1 fully saturated rings. The lowest BCUT2D eigenvalue weighted by Crippen LogP contribution is -2.20. The van der Waals surface area contributed by atoms with E-state index in [0.717, 1.165) is 13.1 Å². The number of rotatable bonds is 2. The van der Waals surface area contributed by atoms with Crippen LogP contribution in [0.3, 0.4) is 0 Å². The highest BCUT2D eigenvalue weighted by Gasteiger charge is 2.26. The van der Waals surface area contributed by atoms with Crippen molar-refractivity contribution in [2.75, 3.05) is 13.6 Å². The van der Waals surface area contributed by atoms with Crippen LogP contribution in [0.1, 0.15) is 12.0 Å². The molecule has 2 rings (SSSR count). The minimum absolute atomic E-state index is 0.249. The quantitative estimate of drug-likeness (QED) is 0.692. The van der Waals surface area contributed by atoms with Crippen LogP contribution < -0.4 is 0 Å². The monoisotopic (exact) mass is 193 g/mol. The van der Waals surface area contributed by atoms with Crippen molar-refractivity contribution in [1.29, 1.82) is 0 Å². The summed E-state index contributed by atoms with van der Waals surface area (Å²) in [5, 5.41) is 4.22. The Morgan fingerprint density at radius 3 is 2.93 bits per heavy atom. The maximum atomic E-state index is 11.3. The lowest BCUT2D eigenvalue weighted by atomic mass is 10.1. The molecule has 1 saturated heterocycles. The predicted molar refractivity (Wildman–Crippen MR) is 52.7 cm³/mol. The molecule has 14 heavy (non-hydrogen) atoms. The van der Waals surface area contributed by atoms with Crippen molar-refractivity contribution in [1.82, 2.24) is 14.7 Å². The molecule has 1 unspecified atom stereocenters. The van der Waals surface area contributed by atoms with Crippen molar-refractivity contribution in [2.45, 2.75) is 19.9 Å². The molecule has 0 radical (unpaired) electrons. The number of hydrogen-bond donors (Lipinski definition) is 0. The fraction of sp³-hybridized carbons (Fsp3) is 0.600. The highest BCUT2D eigenvalue weighted by molar-refractivity contribution is 5.78. The van der Waals surface area contributed by atoms with Crippen molar-refractivity contribution in [3.8, 4) is 0 Å². The number of amides is 1. The van der Waals surface area contributed by atoms with E-state index in [1.54, 1.807) is 4.90 Å². The molecule has 0 aromatic carbocycles. The number of hydrogen-bond acceptors (Lipinski definition) is 2. The first-order valence-electron chi connectivity index (χ1n) is 4.88. The Morgan fingerprint density at radius 1 is 1.64 bits per heavy atom. The first-order chi connectivity index (χ1) is 6.65. The smallest absolute Gasteiger partial charge is 0.222 e. The molecule has 1 aliphatic rings. The lowest BCUT2D eigenvalue weighted by molar-refractivity contribution is -0.126. The highest BCUT2D eigenvalue weighted by atomic mass is 16.2. The van der Waals surface area contributed by atoms with Gasteiger partial charge in [-0.15, -0.1) is 0 Å². The van der Waals surface area contributed by atoms with Crippen molar-refractivity contribution >= 4 is 5.91 Å². The standard InChI is InChI=1S/C10H15N3O/c1-8-4-11-13(5-8)7-9-3-10(14)12(2)6-9/h4-5,9H,3,6-7H2,1-2H3. The third-order valence-corrected chi connectivity index (χ3v) is 2.63. The summed E-state index contributed by atoms with van der Waals surface area (Å²) in [5.41, 5.74) is 1.17. The minimum atomic E-state index is 0.249. The normalized spacial score (nSPS) is 22.0. The van der Waals surface area contributed by atoms with E-state index >= 15 is 0 Å². The van der Waals surface area contributed by atoms with Gasteiger partial charge >= 0.3 is 0 Å². The number of carbonyl (C=O) groups excluding carboxylic acids is 1. The summed E-state index contributed by atoms with van der Waals surface area (Å²) >= 11 is 0. The van der Waals surface area contributed by atoms with Crippen LogP contribution in [0, 0.1) is 12.8 Å². The molecule has 0 aliphatic carbocycles. The minimum Gasteiger partial charge on any atom is -0.345 e. The fourth-order valence-corrected chi connectivity index (χ4v) is 1.91. The van der Waals surface area contributed by atoms with Gasteiger partial charge in [0.1, 0.15) is 0 Å². The molecule has 1 amide bonds. The number of aryl methyl sites for hydroxylation is 1. The maximum Gasteiger partial charge on any atom is 0.222 e. The van der Waals surface area contributed by atoms with Gasteiger partial charge in [-0.25, -0.2) is 0 Å². The second-order valence-corrected chi connectivity index (χ2v) is 4.08. The zero-order valence-corrected chi connectivity index (χ0v) is 8.60. The van der Waals surface area contributed by atoms with Gasteiger partial charge in [-0.2, -0.15) is 5.10 Å². The number of aromatic nitrogens is 2. The molecular formula is C10H15N3O.